The van der Waals surface area contributed by atoms with Crippen LogP contribution in [0.3, 0.4) is 0 Å². The Morgan fingerprint density at radius 1 is 1.68 bits per heavy atom. The highest BCUT2D eigenvalue weighted by molar-refractivity contribution is 9.10. The summed E-state index contributed by atoms with van der Waals surface area (Å²) in [6.07, 6.45) is 4.57. The molecule has 1 aromatic rings. The molecule has 0 bridgehead atoms. The van der Waals surface area contributed by atoms with Crippen LogP contribution < -0.4 is 11.2 Å². The monoisotopic (exact) mass is 330 g/mol. The number of hydrogen-bond donors (Lipinski definition) is 3. The molecule has 1 aliphatic rings. The summed E-state index contributed by atoms with van der Waals surface area (Å²) in [5, 5.41) is 19.1. The summed E-state index contributed by atoms with van der Waals surface area (Å²) < 4.78 is 6.65. The molecule has 0 radical (unpaired) electrons. The van der Waals surface area contributed by atoms with Crippen molar-refractivity contribution in [2.24, 2.45) is 0 Å². The van der Waals surface area contributed by atoms with E-state index in [-0.39, 0.29) is 10.9 Å². The second kappa shape index (κ2) is 4.94. The summed E-state index contributed by atoms with van der Waals surface area (Å²) in [5.74, 6) is 2.20. The van der Waals surface area contributed by atoms with E-state index in [0.29, 0.717) is 0 Å². The van der Waals surface area contributed by atoms with Crippen molar-refractivity contribution < 1.29 is 14.9 Å². The molecule has 0 aliphatic carbocycles. The van der Waals surface area contributed by atoms with E-state index >= 15 is 0 Å². The van der Waals surface area contributed by atoms with E-state index in [1.165, 1.54) is 6.20 Å². The lowest BCUT2D eigenvalue weighted by molar-refractivity contribution is -0.0913. The van der Waals surface area contributed by atoms with Crippen LogP contribution in [0.2, 0.25) is 0 Å². The SMILES string of the molecule is C#C[C@]1(CO)O[C@H](n2cc(Br)c(=O)[nH]c2=O)C[C@@H]1O. The van der Waals surface area contributed by atoms with Crippen LogP contribution in [0.5, 0.6) is 0 Å². The number of H-pyrrole nitrogens is 1. The van der Waals surface area contributed by atoms with Crippen molar-refractivity contribution in [3.05, 3.63) is 31.5 Å². The van der Waals surface area contributed by atoms with Crippen molar-refractivity contribution in [3.8, 4) is 12.3 Å². The van der Waals surface area contributed by atoms with Gasteiger partial charge in [0.15, 0.2) is 5.60 Å². The highest BCUT2D eigenvalue weighted by atomic mass is 79.9. The molecule has 3 N–H and O–H groups in total. The normalized spacial score (nSPS) is 30.2. The van der Waals surface area contributed by atoms with Gasteiger partial charge < -0.3 is 14.9 Å². The molecule has 1 saturated heterocycles. The van der Waals surface area contributed by atoms with Crippen LogP contribution in [0.4, 0.5) is 0 Å². The Balaban J connectivity index is 2.42. The van der Waals surface area contributed by atoms with E-state index in [9.17, 15) is 19.8 Å². The van der Waals surface area contributed by atoms with E-state index in [4.69, 9.17) is 11.2 Å². The number of aromatic nitrogens is 2. The van der Waals surface area contributed by atoms with Crippen molar-refractivity contribution in [2.75, 3.05) is 6.61 Å². The molecule has 3 atom stereocenters. The fourth-order valence-electron chi connectivity index (χ4n) is 1.91. The summed E-state index contributed by atoms with van der Waals surface area (Å²) >= 11 is 2.99. The van der Waals surface area contributed by atoms with Crippen molar-refractivity contribution in [2.45, 2.75) is 24.4 Å². The maximum atomic E-state index is 11.7. The van der Waals surface area contributed by atoms with E-state index in [1.807, 2.05) is 0 Å². The molecule has 0 amide bonds. The molecule has 0 spiro atoms. The van der Waals surface area contributed by atoms with E-state index in [2.05, 4.69) is 26.8 Å². The van der Waals surface area contributed by atoms with Gasteiger partial charge in [0.25, 0.3) is 5.56 Å². The van der Waals surface area contributed by atoms with Crippen LogP contribution in [0, 0.1) is 12.3 Å². The Morgan fingerprint density at radius 2 is 2.37 bits per heavy atom. The van der Waals surface area contributed by atoms with Crippen LogP contribution in [0.25, 0.3) is 0 Å². The van der Waals surface area contributed by atoms with Crippen LogP contribution in [-0.2, 0) is 4.74 Å². The van der Waals surface area contributed by atoms with Gasteiger partial charge in [-0.25, -0.2) is 4.79 Å². The van der Waals surface area contributed by atoms with Gasteiger partial charge >= 0.3 is 5.69 Å². The van der Waals surface area contributed by atoms with Crippen molar-refractivity contribution in [1.29, 1.82) is 0 Å². The number of halogens is 1. The van der Waals surface area contributed by atoms with Crippen molar-refractivity contribution >= 4 is 15.9 Å². The first kappa shape index (κ1) is 14.0. The molecule has 1 fully saturated rings. The van der Waals surface area contributed by atoms with Gasteiger partial charge in [-0.3, -0.25) is 14.3 Å². The lowest BCUT2D eigenvalue weighted by atomic mass is 9.99. The van der Waals surface area contributed by atoms with E-state index in [1.54, 1.807) is 0 Å². The second-order valence-electron chi connectivity index (χ2n) is 4.16. The third-order valence-corrected chi connectivity index (χ3v) is 3.59. The average molecular weight is 331 g/mol. The average Bonchev–Trinajstić information content (AvgIpc) is 2.71. The molecule has 0 aromatic carbocycles. The number of aromatic amines is 1. The standard InChI is InChI=1S/C11H11BrN2O5/c1-2-11(5-15)7(16)3-8(19-11)14-4-6(12)9(17)13-10(14)18/h1,4,7-8,15-16H,3,5H2,(H,13,17,18)/t7-,8-,11+/m0/s1. The quantitative estimate of drug-likeness (QED) is 0.600. The maximum absolute atomic E-state index is 11.7. The van der Waals surface area contributed by atoms with Gasteiger partial charge in [-0.15, -0.1) is 6.42 Å². The van der Waals surface area contributed by atoms with Gasteiger partial charge in [0.05, 0.1) is 11.1 Å². The minimum atomic E-state index is -1.54. The summed E-state index contributed by atoms with van der Waals surface area (Å²) in [4.78, 5) is 25.0. The number of terminal acetylenes is 1. The lowest BCUT2D eigenvalue weighted by Gasteiger charge is -2.23. The van der Waals surface area contributed by atoms with Crippen molar-refractivity contribution in [1.82, 2.24) is 9.55 Å². The number of aliphatic hydroxyl groups excluding tert-OH is 2. The molecule has 1 aliphatic heterocycles. The number of hydrogen-bond acceptors (Lipinski definition) is 5. The highest BCUT2D eigenvalue weighted by Crippen LogP contribution is 2.35. The Labute approximate surface area is 116 Å². The third-order valence-electron chi connectivity index (χ3n) is 3.02. The first-order chi connectivity index (χ1) is 8.93. The lowest BCUT2D eigenvalue weighted by Crippen LogP contribution is -2.41. The van der Waals surface area contributed by atoms with Crippen molar-refractivity contribution in [3.63, 3.8) is 0 Å². The van der Waals surface area contributed by atoms with Crippen LogP contribution >= 0.6 is 15.9 Å². The van der Waals surface area contributed by atoms with Crippen LogP contribution in [-0.4, -0.2) is 38.1 Å². The molecule has 0 unspecified atom stereocenters. The Bertz CT molecular complexity index is 646. The predicted molar refractivity (Wildman–Crippen MR) is 68.4 cm³/mol. The summed E-state index contributed by atoms with van der Waals surface area (Å²) in [6.45, 7) is -0.569. The van der Waals surface area contributed by atoms with E-state index in [0.717, 1.165) is 4.57 Å². The van der Waals surface area contributed by atoms with E-state index < -0.39 is 35.8 Å². The number of rotatable bonds is 2. The first-order valence-electron chi connectivity index (χ1n) is 5.39. The number of nitrogens with one attached hydrogen (secondary N) is 1. The molecule has 8 heteroatoms. The fourth-order valence-corrected chi connectivity index (χ4v) is 2.23. The zero-order valence-electron chi connectivity index (χ0n) is 9.67. The summed E-state index contributed by atoms with van der Waals surface area (Å²) in [6, 6.07) is 0. The van der Waals surface area contributed by atoms with Gasteiger partial charge in [-0.1, -0.05) is 5.92 Å². The molecular formula is C11H11BrN2O5. The number of ether oxygens (including phenoxy) is 1. The van der Waals surface area contributed by atoms with Gasteiger partial charge in [-0.05, 0) is 15.9 Å². The minimum Gasteiger partial charge on any atom is -0.392 e. The molecule has 2 rings (SSSR count). The zero-order chi connectivity index (χ0) is 14.2. The Morgan fingerprint density at radius 3 is 2.89 bits per heavy atom. The summed E-state index contributed by atoms with van der Waals surface area (Å²) in [7, 11) is 0. The predicted octanol–water partition coefficient (Wildman–Crippen LogP) is -1.06. The topological polar surface area (TPSA) is 105 Å². The van der Waals surface area contributed by atoms with Gasteiger partial charge in [-0.2, -0.15) is 0 Å². The molecule has 1 aromatic heterocycles. The van der Waals surface area contributed by atoms with Gasteiger partial charge in [0.1, 0.15) is 12.3 Å². The fraction of sp³-hybridized carbons (Fsp3) is 0.455. The molecule has 0 saturated carbocycles. The molecule has 2 heterocycles. The maximum Gasteiger partial charge on any atom is 0.330 e. The largest absolute Gasteiger partial charge is 0.392 e. The molecule has 7 nitrogen and oxygen atoms in total. The zero-order valence-corrected chi connectivity index (χ0v) is 11.3. The number of nitrogens with zero attached hydrogens (tertiary/aromatic N) is 1. The minimum absolute atomic E-state index is 0.0309. The second-order valence-corrected chi connectivity index (χ2v) is 5.01. The van der Waals surface area contributed by atoms with Crippen LogP contribution in [0.1, 0.15) is 12.6 Å². The summed E-state index contributed by atoms with van der Waals surface area (Å²) in [5.41, 5.74) is -2.78. The van der Waals surface area contributed by atoms with Crippen LogP contribution in [0.15, 0.2) is 20.3 Å². The highest BCUT2D eigenvalue weighted by Gasteiger charge is 2.47. The molecular weight excluding hydrogens is 320 g/mol. The Kier molecular flexibility index (Phi) is 3.64. The smallest absolute Gasteiger partial charge is 0.330 e. The molecule has 102 valence electrons. The van der Waals surface area contributed by atoms with Gasteiger partial charge in [0.2, 0.25) is 0 Å². The Hall–Kier alpha value is -1.40. The first-order valence-corrected chi connectivity index (χ1v) is 6.18. The third kappa shape index (κ3) is 2.26. The molecule has 19 heavy (non-hydrogen) atoms. The number of aliphatic hydroxyl groups is 2. The van der Waals surface area contributed by atoms with Gasteiger partial charge in [0, 0.05) is 12.6 Å².